The van der Waals surface area contributed by atoms with Crippen molar-refractivity contribution in [1.29, 1.82) is 0 Å². The smallest absolute Gasteiger partial charge is 0.165 e. The molecular weight excluding hydrogens is 647 g/mol. The van der Waals surface area contributed by atoms with Crippen LogP contribution in [0.15, 0.2) is 164 Å². The minimum atomic E-state index is 0.648. The highest BCUT2D eigenvalue weighted by atomic mass is 32.1. The van der Waals surface area contributed by atoms with Crippen LogP contribution in [0.2, 0.25) is 0 Å². The summed E-state index contributed by atoms with van der Waals surface area (Å²) in [6.07, 6.45) is 0. The Balaban J connectivity index is 1.27. The maximum atomic E-state index is 5.25. The highest BCUT2D eigenvalue weighted by Crippen LogP contribution is 2.44. The van der Waals surface area contributed by atoms with Gasteiger partial charge in [-0.2, -0.15) is 0 Å². The van der Waals surface area contributed by atoms with Crippen molar-refractivity contribution in [2.75, 3.05) is 0 Å². The molecule has 0 N–H and O–H groups in total. The number of benzene rings is 7. The fourth-order valence-electron chi connectivity index (χ4n) is 6.98. The lowest BCUT2D eigenvalue weighted by Gasteiger charge is -2.17. The number of hydrogen-bond acceptors (Lipinski definition) is 5. The standard InChI is InChI=1S/C45H27N3S2/c1-3-12-28(13-4-1)43-46-44(29-14-5-2-6-15-29)48-45(47-43)42-32(30-23-25-40-37(26-30)35-17-8-10-21-39(35)49-40)18-11-19-33(42)31-22-24-36-34-16-7-9-20-38(34)50-41(36)27-31/h1-27H. The predicted molar refractivity (Wildman–Crippen MR) is 213 cm³/mol. The van der Waals surface area contributed by atoms with Crippen LogP contribution in [0, 0.1) is 0 Å². The van der Waals surface area contributed by atoms with Gasteiger partial charge in [0.1, 0.15) is 0 Å². The molecule has 234 valence electrons. The summed E-state index contributed by atoms with van der Waals surface area (Å²) in [7, 11) is 0. The fraction of sp³-hybridized carbons (Fsp3) is 0. The molecule has 0 saturated carbocycles. The molecule has 0 aliphatic rings. The summed E-state index contributed by atoms with van der Waals surface area (Å²) >= 11 is 3.67. The number of thiophene rings is 2. The van der Waals surface area contributed by atoms with Crippen LogP contribution in [-0.2, 0) is 0 Å². The third kappa shape index (κ3) is 4.90. The molecule has 0 spiro atoms. The van der Waals surface area contributed by atoms with Crippen molar-refractivity contribution in [3.63, 3.8) is 0 Å². The molecule has 5 heteroatoms. The molecule has 0 amide bonds. The maximum absolute atomic E-state index is 5.25. The Morgan fingerprint density at radius 3 is 1.44 bits per heavy atom. The SMILES string of the molecule is c1ccc(-c2nc(-c3ccccc3)nc(-c3c(-c4ccc5c(c4)sc4ccccc45)cccc3-c3ccc4sc5ccccc5c4c3)n2)cc1. The van der Waals surface area contributed by atoms with E-state index in [2.05, 4.69) is 127 Å². The van der Waals surface area contributed by atoms with E-state index in [4.69, 9.17) is 15.0 Å². The quantitative estimate of drug-likeness (QED) is 0.182. The van der Waals surface area contributed by atoms with Crippen LogP contribution in [0.25, 0.3) is 96.8 Å². The Hall–Kier alpha value is -6.01. The van der Waals surface area contributed by atoms with E-state index in [1.165, 1.54) is 40.3 Å². The van der Waals surface area contributed by atoms with E-state index in [-0.39, 0.29) is 0 Å². The van der Waals surface area contributed by atoms with Crippen LogP contribution in [0.4, 0.5) is 0 Å². The van der Waals surface area contributed by atoms with Crippen molar-refractivity contribution in [1.82, 2.24) is 15.0 Å². The molecule has 0 bridgehead atoms. The molecule has 0 aliphatic carbocycles. The van der Waals surface area contributed by atoms with Gasteiger partial charge in [0.2, 0.25) is 0 Å². The Morgan fingerprint density at radius 1 is 0.300 bits per heavy atom. The zero-order valence-electron chi connectivity index (χ0n) is 26.7. The monoisotopic (exact) mass is 673 g/mol. The second kappa shape index (κ2) is 11.8. The van der Waals surface area contributed by atoms with Crippen molar-refractivity contribution in [3.8, 4) is 56.4 Å². The lowest BCUT2D eigenvalue weighted by atomic mass is 9.90. The largest absolute Gasteiger partial charge is 0.208 e. The Morgan fingerprint density at radius 2 is 0.780 bits per heavy atom. The van der Waals surface area contributed by atoms with Gasteiger partial charge in [0.05, 0.1) is 0 Å². The van der Waals surface area contributed by atoms with E-state index in [0.29, 0.717) is 17.5 Å². The molecule has 0 unspecified atom stereocenters. The highest BCUT2D eigenvalue weighted by molar-refractivity contribution is 7.26. The topological polar surface area (TPSA) is 38.7 Å². The molecule has 3 nitrogen and oxygen atoms in total. The number of nitrogens with zero attached hydrogens (tertiary/aromatic N) is 3. The molecule has 3 aromatic heterocycles. The summed E-state index contributed by atoms with van der Waals surface area (Å²) in [4.78, 5) is 15.5. The molecule has 0 radical (unpaired) electrons. The van der Waals surface area contributed by atoms with E-state index < -0.39 is 0 Å². The first-order chi connectivity index (χ1) is 24.8. The molecule has 0 atom stereocenters. The first-order valence-electron chi connectivity index (χ1n) is 16.6. The van der Waals surface area contributed by atoms with Crippen molar-refractivity contribution < 1.29 is 0 Å². The van der Waals surface area contributed by atoms with E-state index in [0.717, 1.165) is 38.9 Å². The van der Waals surface area contributed by atoms with Crippen molar-refractivity contribution in [2.24, 2.45) is 0 Å². The van der Waals surface area contributed by atoms with Gasteiger partial charge in [-0.15, -0.1) is 22.7 Å². The summed E-state index contributed by atoms with van der Waals surface area (Å²) < 4.78 is 5.13. The lowest BCUT2D eigenvalue weighted by molar-refractivity contribution is 1.07. The zero-order valence-corrected chi connectivity index (χ0v) is 28.4. The third-order valence-corrected chi connectivity index (χ3v) is 11.7. The Bertz CT molecular complexity index is 2810. The number of hydrogen-bond donors (Lipinski definition) is 0. The van der Waals surface area contributed by atoms with Crippen LogP contribution in [0.5, 0.6) is 0 Å². The van der Waals surface area contributed by atoms with Gasteiger partial charge in [-0.05, 0) is 52.6 Å². The summed E-state index contributed by atoms with van der Waals surface area (Å²) in [5.41, 5.74) is 7.32. The van der Waals surface area contributed by atoms with Gasteiger partial charge in [-0.3, -0.25) is 0 Å². The number of fused-ring (bicyclic) bond motifs is 6. The fourth-order valence-corrected chi connectivity index (χ4v) is 9.21. The molecular formula is C45H27N3S2. The van der Waals surface area contributed by atoms with Gasteiger partial charge in [-0.1, -0.05) is 133 Å². The van der Waals surface area contributed by atoms with E-state index >= 15 is 0 Å². The van der Waals surface area contributed by atoms with Gasteiger partial charge in [0.15, 0.2) is 17.5 Å². The predicted octanol–water partition coefficient (Wildman–Crippen LogP) is 12.9. The van der Waals surface area contributed by atoms with Crippen molar-refractivity contribution >= 4 is 63.0 Å². The minimum Gasteiger partial charge on any atom is -0.208 e. The van der Waals surface area contributed by atoms with Crippen LogP contribution in [-0.4, -0.2) is 15.0 Å². The van der Waals surface area contributed by atoms with Gasteiger partial charge in [-0.25, -0.2) is 15.0 Å². The molecule has 0 aliphatic heterocycles. The van der Waals surface area contributed by atoms with E-state index in [1.54, 1.807) is 0 Å². The molecule has 3 heterocycles. The second-order valence-electron chi connectivity index (χ2n) is 12.4. The summed E-state index contributed by atoms with van der Waals surface area (Å²) in [5.74, 6) is 1.94. The van der Waals surface area contributed by atoms with Gasteiger partial charge in [0.25, 0.3) is 0 Å². The summed E-state index contributed by atoms with van der Waals surface area (Å²) in [6, 6.07) is 58.0. The van der Waals surface area contributed by atoms with Crippen molar-refractivity contribution in [3.05, 3.63) is 164 Å². The molecule has 10 aromatic rings. The average molecular weight is 674 g/mol. The molecule has 50 heavy (non-hydrogen) atoms. The normalized spacial score (nSPS) is 11.6. The first kappa shape index (κ1) is 29.0. The maximum Gasteiger partial charge on any atom is 0.165 e. The van der Waals surface area contributed by atoms with E-state index in [9.17, 15) is 0 Å². The van der Waals surface area contributed by atoms with Gasteiger partial charge >= 0.3 is 0 Å². The van der Waals surface area contributed by atoms with Gasteiger partial charge in [0, 0.05) is 57.0 Å². The molecule has 0 saturated heterocycles. The molecule has 10 rings (SSSR count). The minimum absolute atomic E-state index is 0.648. The zero-order chi connectivity index (χ0) is 33.0. The van der Waals surface area contributed by atoms with E-state index in [1.807, 2.05) is 59.1 Å². The Kier molecular flexibility index (Phi) is 6.86. The van der Waals surface area contributed by atoms with Gasteiger partial charge < -0.3 is 0 Å². The number of rotatable bonds is 5. The lowest BCUT2D eigenvalue weighted by Crippen LogP contribution is -2.02. The number of aromatic nitrogens is 3. The van der Waals surface area contributed by atoms with Crippen LogP contribution in [0.3, 0.4) is 0 Å². The molecule has 0 fully saturated rings. The second-order valence-corrected chi connectivity index (χ2v) is 14.6. The molecule has 7 aromatic carbocycles. The van der Waals surface area contributed by atoms with Crippen LogP contribution in [0.1, 0.15) is 0 Å². The summed E-state index contributed by atoms with van der Waals surface area (Å²) in [6.45, 7) is 0. The van der Waals surface area contributed by atoms with Crippen LogP contribution < -0.4 is 0 Å². The third-order valence-electron chi connectivity index (χ3n) is 9.36. The summed E-state index contributed by atoms with van der Waals surface area (Å²) in [5, 5.41) is 5.11. The first-order valence-corrected chi connectivity index (χ1v) is 18.2. The Labute approximate surface area is 296 Å². The highest BCUT2D eigenvalue weighted by Gasteiger charge is 2.21. The van der Waals surface area contributed by atoms with Crippen LogP contribution >= 0.6 is 22.7 Å². The van der Waals surface area contributed by atoms with Crippen molar-refractivity contribution in [2.45, 2.75) is 0 Å². The average Bonchev–Trinajstić information content (AvgIpc) is 3.76.